The van der Waals surface area contributed by atoms with E-state index in [-0.39, 0.29) is 19.3 Å². The lowest BCUT2D eigenvalue weighted by molar-refractivity contribution is 0.126. The van der Waals surface area contributed by atoms with E-state index in [4.69, 9.17) is 43.2 Å². The third kappa shape index (κ3) is 9.60. The number of alkyl halides is 2. The van der Waals surface area contributed by atoms with Crippen LogP contribution in [0.2, 0.25) is 0 Å². The SMILES string of the molecule is [3H]C([3H])(CCl)N(C([3H])([3H])CCl)P1(=O)OCCCN1C(C)c1ccccc1.[3H]C([3H])(CO)N(C([3H])([3H])CO)P1(=O)OCCCN1C(C)c1ccccc1. The minimum atomic E-state index is -4.23. The van der Waals surface area contributed by atoms with E-state index in [1.807, 2.05) is 67.6 Å². The van der Waals surface area contributed by atoms with Gasteiger partial charge in [0, 0.05) is 73.9 Å². The third-order valence-electron chi connectivity index (χ3n) is 7.05. The lowest BCUT2D eigenvalue weighted by Gasteiger charge is -2.43. The molecular formula is C30H48Cl2N4O6P2. The summed E-state index contributed by atoms with van der Waals surface area (Å²) < 4.78 is 107. The van der Waals surface area contributed by atoms with Crippen LogP contribution < -0.4 is 0 Å². The van der Waals surface area contributed by atoms with Crippen LogP contribution in [0.15, 0.2) is 60.7 Å². The second-order valence-electron chi connectivity index (χ2n) is 9.69. The van der Waals surface area contributed by atoms with E-state index < -0.39 is 72.3 Å². The van der Waals surface area contributed by atoms with Gasteiger partial charge in [-0.2, -0.15) is 0 Å². The average Bonchev–Trinajstić information content (AvgIpc) is 3.11. The van der Waals surface area contributed by atoms with Gasteiger partial charge in [-0.05, 0) is 37.8 Å². The first-order valence-corrected chi connectivity index (χ1v) is 18.4. The molecule has 2 fully saturated rings. The van der Waals surface area contributed by atoms with Crippen molar-refractivity contribution in [2.24, 2.45) is 0 Å². The molecule has 0 amide bonds. The number of benzene rings is 2. The molecule has 4 unspecified atom stereocenters. The Labute approximate surface area is 284 Å². The zero-order chi connectivity index (χ0) is 39.2. The van der Waals surface area contributed by atoms with Crippen LogP contribution in [0.3, 0.4) is 0 Å². The van der Waals surface area contributed by atoms with E-state index in [0.717, 1.165) is 11.1 Å². The van der Waals surface area contributed by atoms with Crippen molar-refractivity contribution in [2.45, 2.75) is 38.8 Å². The second-order valence-corrected chi connectivity index (χ2v) is 14.5. The fourth-order valence-corrected chi connectivity index (χ4v) is 9.96. The van der Waals surface area contributed by atoms with Gasteiger partial charge in [0.2, 0.25) is 0 Å². The highest BCUT2D eigenvalue weighted by Crippen LogP contribution is 2.60. The molecule has 14 heteroatoms. The molecule has 0 saturated carbocycles. The maximum absolute atomic E-state index is 13.9. The second kappa shape index (κ2) is 19.1. The highest BCUT2D eigenvalue weighted by atomic mass is 35.5. The Bertz CT molecular complexity index is 1390. The molecule has 2 N–H and O–H groups in total. The van der Waals surface area contributed by atoms with Gasteiger partial charge in [0.15, 0.2) is 0 Å². The van der Waals surface area contributed by atoms with Gasteiger partial charge in [-0.25, -0.2) is 18.7 Å². The summed E-state index contributed by atoms with van der Waals surface area (Å²) in [7, 11) is -8.32. The van der Waals surface area contributed by atoms with Crippen molar-refractivity contribution in [1.82, 2.24) is 18.7 Å². The maximum Gasteiger partial charge on any atom is 0.346 e. The van der Waals surface area contributed by atoms with Gasteiger partial charge >= 0.3 is 15.3 Å². The molecule has 2 heterocycles. The Kier molecular flexibility index (Phi) is 11.8. The molecular weight excluding hydrogens is 645 g/mol. The molecule has 0 aromatic heterocycles. The van der Waals surface area contributed by atoms with Gasteiger partial charge in [-0.15, -0.1) is 23.2 Å². The summed E-state index contributed by atoms with van der Waals surface area (Å²) >= 11 is 11.5. The van der Waals surface area contributed by atoms with Crippen molar-refractivity contribution in [3.8, 4) is 0 Å². The largest absolute Gasteiger partial charge is 0.395 e. The zero-order valence-corrected chi connectivity index (χ0v) is 28.3. The molecule has 0 aliphatic carbocycles. The number of hydrogen-bond donors (Lipinski definition) is 2. The fourth-order valence-electron chi connectivity index (χ4n) is 4.92. The predicted octanol–water partition coefficient (Wildman–Crippen LogP) is 6.22. The van der Waals surface area contributed by atoms with Crippen LogP contribution in [0.25, 0.3) is 0 Å². The highest BCUT2D eigenvalue weighted by molar-refractivity contribution is 7.54. The van der Waals surface area contributed by atoms with Gasteiger partial charge in [0.1, 0.15) is 0 Å². The molecule has 0 bridgehead atoms. The first kappa shape index (κ1) is 27.1. The van der Waals surface area contributed by atoms with E-state index in [1.54, 1.807) is 6.92 Å². The van der Waals surface area contributed by atoms with Crippen molar-refractivity contribution in [2.75, 3.05) is 77.3 Å². The van der Waals surface area contributed by atoms with E-state index in [0.29, 0.717) is 35.3 Å². The number of rotatable bonds is 14. The molecule has 10 nitrogen and oxygen atoms in total. The Morgan fingerprint density at radius 1 is 0.750 bits per heavy atom. The van der Waals surface area contributed by atoms with Crippen LogP contribution in [0.4, 0.5) is 0 Å². The molecule has 2 aromatic carbocycles. The van der Waals surface area contributed by atoms with E-state index in [1.165, 1.54) is 9.34 Å². The van der Waals surface area contributed by atoms with Crippen LogP contribution in [-0.2, 0) is 18.2 Å². The molecule has 2 aliphatic rings. The molecule has 44 heavy (non-hydrogen) atoms. The summed E-state index contributed by atoms with van der Waals surface area (Å²) in [6.45, 7) is -7.95. The Hall–Kier alpha value is -0.840. The molecule has 0 radical (unpaired) electrons. The third-order valence-corrected chi connectivity index (χ3v) is 12.3. The van der Waals surface area contributed by atoms with Gasteiger partial charge in [0.25, 0.3) is 0 Å². The monoisotopic (exact) mass is 708 g/mol. The lowest BCUT2D eigenvalue weighted by Crippen LogP contribution is -2.40. The minimum absolute atomic E-state index is 0.0643. The zero-order valence-electron chi connectivity index (χ0n) is 33.0. The van der Waals surface area contributed by atoms with Crippen molar-refractivity contribution in [1.29, 1.82) is 0 Å². The van der Waals surface area contributed by atoms with Crippen LogP contribution >= 0.6 is 38.5 Å². The van der Waals surface area contributed by atoms with Gasteiger partial charge in [-0.1, -0.05) is 60.7 Å². The van der Waals surface area contributed by atoms with Crippen molar-refractivity contribution >= 4 is 38.5 Å². The smallest absolute Gasteiger partial charge is 0.346 e. The summed E-state index contributed by atoms with van der Waals surface area (Å²) in [5.74, 6) is -1.16. The van der Waals surface area contributed by atoms with E-state index >= 15 is 0 Å². The maximum atomic E-state index is 13.9. The predicted molar refractivity (Wildman–Crippen MR) is 178 cm³/mol. The number of halogens is 2. The minimum Gasteiger partial charge on any atom is -0.395 e. The van der Waals surface area contributed by atoms with Gasteiger partial charge in [-0.3, -0.25) is 9.13 Å². The first-order valence-electron chi connectivity index (χ1n) is 18.3. The topological polar surface area (TPSA) is 106 Å². The molecule has 2 aromatic rings. The highest BCUT2D eigenvalue weighted by Gasteiger charge is 2.44. The average molecular weight is 710 g/mol. The van der Waals surface area contributed by atoms with Crippen LogP contribution in [0.1, 0.15) is 60.9 Å². The summed E-state index contributed by atoms with van der Waals surface area (Å²) in [4.78, 5) is 0. The van der Waals surface area contributed by atoms with Crippen LogP contribution in [0.5, 0.6) is 0 Å². The molecule has 2 aliphatic heterocycles. The molecule has 0 spiro atoms. The number of aliphatic hydroxyl groups excluding tert-OH is 2. The van der Waals surface area contributed by atoms with Crippen molar-refractivity contribution in [3.05, 3.63) is 71.8 Å². The Balaban J connectivity index is 0.000000280. The molecule has 2 saturated heterocycles. The summed E-state index contributed by atoms with van der Waals surface area (Å²) in [5.41, 5.74) is 1.68. The summed E-state index contributed by atoms with van der Waals surface area (Å²) in [6, 6.07) is 17.6. The fraction of sp³-hybridized carbons (Fsp3) is 0.600. The van der Waals surface area contributed by atoms with Gasteiger partial charge < -0.3 is 19.3 Å². The van der Waals surface area contributed by atoms with Crippen molar-refractivity contribution in [3.63, 3.8) is 0 Å². The molecule has 248 valence electrons. The standard InChI is InChI=1S/C15H23Cl2N2O2P.C15H25N2O4P/c1-14(15-6-3-2-4-7-15)19-10-5-13-21-22(19,20)18(11-8-16)12-9-17;1-14(15-6-3-2-4-7-15)17-8-5-13-21-22(17,20)16(9-11-18)10-12-19/h2-4,6-7,14H,5,8-13H2,1H3;2-4,6-7,14,18-19H,5,8-13H2,1H3/i11T2,12T2;9T2,10T2. The summed E-state index contributed by atoms with van der Waals surface area (Å²) in [6.07, 6.45) is 1.14. The lowest BCUT2D eigenvalue weighted by atomic mass is 10.1. The van der Waals surface area contributed by atoms with E-state index in [2.05, 4.69) is 0 Å². The normalized spacial score (nSPS) is 28.5. The Morgan fingerprint density at radius 3 is 1.45 bits per heavy atom. The van der Waals surface area contributed by atoms with E-state index in [9.17, 15) is 19.3 Å². The number of hydrogen-bond acceptors (Lipinski definition) is 6. The van der Waals surface area contributed by atoms with Crippen LogP contribution in [-0.4, -0.2) is 106 Å². The Morgan fingerprint density at radius 2 is 1.11 bits per heavy atom. The molecule has 4 rings (SSSR count). The quantitative estimate of drug-likeness (QED) is 0.174. The summed E-state index contributed by atoms with van der Waals surface area (Å²) in [5, 5.41) is 18.9. The number of aliphatic hydroxyl groups is 2. The number of nitrogens with zero attached hydrogens (tertiary/aromatic N) is 4. The van der Waals surface area contributed by atoms with Gasteiger partial charge in [0.05, 0.1) is 26.4 Å². The molecule has 4 atom stereocenters. The van der Waals surface area contributed by atoms with Crippen LogP contribution in [0, 0.1) is 0 Å². The van der Waals surface area contributed by atoms with Crippen molar-refractivity contribution < 1.29 is 39.4 Å². The first-order chi connectivity index (χ1) is 24.2.